The molecule has 2 aliphatic rings. The van der Waals surface area contributed by atoms with E-state index in [4.69, 9.17) is 4.99 Å². The summed E-state index contributed by atoms with van der Waals surface area (Å²) in [5.74, 6) is 0. The summed E-state index contributed by atoms with van der Waals surface area (Å²) in [6.07, 6.45) is 0. The minimum Gasteiger partial charge on any atom is -0.312 e. The molecule has 20 heavy (non-hydrogen) atoms. The largest absolute Gasteiger partial charge is 0.312 e. The van der Waals surface area contributed by atoms with E-state index in [1.165, 1.54) is 5.56 Å². The summed E-state index contributed by atoms with van der Waals surface area (Å²) in [7, 11) is 1.96. The first-order valence-electron chi connectivity index (χ1n) is 6.69. The van der Waals surface area contributed by atoms with Gasteiger partial charge in [-0.05, 0) is 37.2 Å². The molecule has 0 spiro atoms. The number of amidine groups is 1. The Balaban J connectivity index is 2.02. The maximum absolute atomic E-state index is 4.73. The molecule has 3 rings (SSSR count). The minimum absolute atomic E-state index is 0.360. The van der Waals surface area contributed by atoms with Crippen LogP contribution in [0.25, 0.3) is 5.70 Å². The Labute approximate surface area is 123 Å². The molecule has 1 fully saturated rings. The van der Waals surface area contributed by atoms with Crippen LogP contribution in [-0.2, 0) is 0 Å². The molecular formula is C14H19N5S. The molecule has 0 unspecified atom stereocenters. The number of fused-ring (bicyclic) bond motifs is 1. The average Bonchev–Trinajstić information content (AvgIpc) is 2.42. The molecule has 0 aliphatic carbocycles. The van der Waals surface area contributed by atoms with Gasteiger partial charge in [0.25, 0.3) is 0 Å². The van der Waals surface area contributed by atoms with Crippen LogP contribution < -0.4 is 10.7 Å². The molecule has 5 nitrogen and oxygen atoms in total. The fraction of sp³-hybridized carbons (Fsp3) is 0.429. The molecular weight excluding hydrogens is 270 g/mol. The monoisotopic (exact) mass is 289 g/mol. The van der Waals surface area contributed by atoms with Crippen LogP contribution in [-0.4, -0.2) is 41.3 Å². The van der Waals surface area contributed by atoms with Gasteiger partial charge in [-0.3, -0.25) is 15.4 Å². The van der Waals surface area contributed by atoms with E-state index in [0.717, 1.165) is 40.2 Å². The first-order chi connectivity index (χ1) is 9.54. The molecule has 0 aromatic carbocycles. The summed E-state index contributed by atoms with van der Waals surface area (Å²) in [6.45, 7) is 10.2. The van der Waals surface area contributed by atoms with Gasteiger partial charge in [0.2, 0.25) is 0 Å². The summed E-state index contributed by atoms with van der Waals surface area (Å²) in [6, 6.07) is 2.45. The van der Waals surface area contributed by atoms with Gasteiger partial charge in [0.05, 0.1) is 11.7 Å². The molecule has 106 valence electrons. The maximum Gasteiger partial charge on any atom is 0.182 e. The number of aryl methyl sites for hydroxylation is 2. The van der Waals surface area contributed by atoms with Gasteiger partial charge in [-0.2, -0.15) is 0 Å². The number of thioether (sulfide) groups is 1. The zero-order chi connectivity index (χ0) is 14.3. The Morgan fingerprint density at radius 1 is 1.45 bits per heavy atom. The average molecular weight is 289 g/mol. The number of hydrazine groups is 1. The predicted molar refractivity (Wildman–Crippen MR) is 83.6 cm³/mol. The smallest absolute Gasteiger partial charge is 0.182 e. The minimum atomic E-state index is 0.360. The first kappa shape index (κ1) is 13.5. The standard InChI is InChI=1S/C14H19N5S/c1-8-5-9(2)16-13-12(8)10(3)19(4)18-14(20-13)17-11-6-15-7-11/h5,11,15H,3,6-7H2,1-2,4H3,(H,17,18). The molecule has 0 bridgehead atoms. The molecule has 0 radical (unpaired) electrons. The zero-order valence-electron chi connectivity index (χ0n) is 12.0. The van der Waals surface area contributed by atoms with Crippen molar-refractivity contribution in [3.05, 3.63) is 29.5 Å². The van der Waals surface area contributed by atoms with Gasteiger partial charge in [-0.15, -0.1) is 0 Å². The molecule has 0 amide bonds. The number of hydrogen-bond acceptors (Lipinski definition) is 5. The van der Waals surface area contributed by atoms with Crippen molar-refractivity contribution in [2.24, 2.45) is 4.99 Å². The molecule has 1 aromatic rings. The summed E-state index contributed by atoms with van der Waals surface area (Å²) in [4.78, 5) is 9.39. The third-order valence-corrected chi connectivity index (χ3v) is 4.40. The van der Waals surface area contributed by atoms with E-state index in [2.05, 4.69) is 35.3 Å². The van der Waals surface area contributed by atoms with E-state index in [-0.39, 0.29) is 0 Å². The van der Waals surface area contributed by atoms with E-state index < -0.39 is 0 Å². The number of hydrogen-bond donors (Lipinski definition) is 2. The summed E-state index contributed by atoms with van der Waals surface area (Å²) >= 11 is 1.59. The molecule has 6 heteroatoms. The van der Waals surface area contributed by atoms with Crippen LogP contribution in [0, 0.1) is 13.8 Å². The second-order valence-electron chi connectivity index (χ2n) is 5.23. The third kappa shape index (κ3) is 2.41. The lowest BCUT2D eigenvalue weighted by atomic mass is 10.1. The number of aromatic nitrogens is 1. The zero-order valence-corrected chi connectivity index (χ0v) is 12.8. The van der Waals surface area contributed by atoms with Crippen LogP contribution in [0.15, 0.2) is 22.7 Å². The van der Waals surface area contributed by atoms with Crippen molar-refractivity contribution in [3.63, 3.8) is 0 Å². The van der Waals surface area contributed by atoms with Crippen molar-refractivity contribution in [3.8, 4) is 0 Å². The second kappa shape index (κ2) is 5.10. The van der Waals surface area contributed by atoms with Crippen molar-refractivity contribution in [1.29, 1.82) is 0 Å². The van der Waals surface area contributed by atoms with Crippen LogP contribution in [0.3, 0.4) is 0 Å². The van der Waals surface area contributed by atoms with Crippen molar-refractivity contribution in [1.82, 2.24) is 20.7 Å². The van der Waals surface area contributed by atoms with Gasteiger partial charge >= 0.3 is 0 Å². The van der Waals surface area contributed by atoms with Gasteiger partial charge in [0.15, 0.2) is 5.17 Å². The van der Waals surface area contributed by atoms with Gasteiger partial charge in [0, 0.05) is 31.4 Å². The Bertz CT molecular complexity index is 591. The Morgan fingerprint density at radius 3 is 2.85 bits per heavy atom. The van der Waals surface area contributed by atoms with Crippen molar-refractivity contribution in [2.75, 3.05) is 20.1 Å². The fourth-order valence-electron chi connectivity index (χ4n) is 2.31. The number of nitrogens with zero attached hydrogens (tertiary/aromatic N) is 3. The summed E-state index contributed by atoms with van der Waals surface area (Å²) in [5.41, 5.74) is 7.55. The van der Waals surface area contributed by atoms with E-state index in [0.29, 0.717) is 6.04 Å². The molecule has 3 heterocycles. The van der Waals surface area contributed by atoms with E-state index in [1.54, 1.807) is 11.8 Å². The quantitative estimate of drug-likeness (QED) is 0.821. The number of nitrogens with one attached hydrogen (secondary N) is 2. The Hall–Kier alpha value is -1.53. The summed E-state index contributed by atoms with van der Waals surface area (Å²) < 4.78 is 0. The van der Waals surface area contributed by atoms with E-state index in [1.807, 2.05) is 19.0 Å². The van der Waals surface area contributed by atoms with Crippen molar-refractivity contribution in [2.45, 2.75) is 24.9 Å². The number of aliphatic imine (C=N–C) groups is 1. The van der Waals surface area contributed by atoms with Crippen molar-refractivity contribution >= 4 is 22.6 Å². The van der Waals surface area contributed by atoms with Crippen LogP contribution in [0.1, 0.15) is 16.8 Å². The van der Waals surface area contributed by atoms with Gasteiger partial charge in [-0.25, -0.2) is 4.98 Å². The topological polar surface area (TPSA) is 52.6 Å². The molecule has 2 N–H and O–H groups in total. The third-order valence-electron chi connectivity index (χ3n) is 3.52. The molecule has 1 aromatic heterocycles. The summed E-state index contributed by atoms with van der Waals surface area (Å²) in [5, 5.41) is 7.02. The SMILES string of the molecule is C=C1c2c(C)cc(C)nc2SC(=NC2CNC2)NN1C. The van der Waals surface area contributed by atoms with E-state index >= 15 is 0 Å². The number of pyridine rings is 1. The highest BCUT2D eigenvalue weighted by atomic mass is 32.2. The van der Waals surface area contributed by atoms with Gasteiger partial charge in [0.1, 0.15) is 5.03 Å². The lowest BCUT2D eigenvalue weighted by Crippen LogP contribution is -2.47. The number of rotatable bonds is 1. The second-order valence-corrected chi connectivity index (χ2v) is 6.20. The lowest BCUT2D eigenvalue weighted by molar-refractivity contribution is 0.421. The molecule has 0 atom stereocenters. The van der Waals surface area contributed by atoms with Crippen molar-refractivity contribution < 1.29 is 0 Å². The van der Waals surface area contributed by atoms with E-state index in [9.17, 15) is 0 Å². The predicted octanol–water partition coefficient (Wildman–Crippen LogP) is 1.54. The Kier molecular flexibility index (Phi) is 3.43. The molecule has 0 saturated carbocycles. The fourth-order valence-corrected chi connectivity index (χ4v) is 3.44. The van der Waals surface area contributed by atoms with Gasteiger partial charge < -0.3 is 5.32 Å². The highest BCUT2D eigenvalue weighted by Crippen LogP contribution is 2.33. The van der Waals surface area contributed by atoms with Gasteiger partial charge in [-0.1, -0.05) is 6.58 Å². The maximum atomic E-state index is 4.73. The first-order valence-corrected chi connectivity index (χ1v) is 7.50. The van der Waals surface area contributed by atoms with Crippen LogP contribution in [0.2, 0.25) is 0 Å². The molecule has 2 aliphatic heterocycles. The highest BCUT2D eigenvalue weighted by molar-refractivity contribution is 8.13. The normalized spacial score (nSPS) is 21.2. The highest BCUT2D eigenvalue weighted by Gasteiger charge is 2.24. The molecule has 1 saturated heterocycles. The lowest BCUT2D eigenvalue weighted by Gasteiger charge is -2.25. The van der Waals surface area contributed by atoms with Crippen LogP contribution >= 0.6 is 11.8 Å². The Morgan fingerprint density at radius 2 is 2.20 bits per heavy atom. The van der Waals surface area contributed by atoms with Crippen LogP contribution in [0.4, 0.5) is 0 Å². The van der Waals surface area contributed by atoms with Crippen LogP contribution in [0.5, 0.6) is 0 Å².